The van der Waals surface area contributed by atoms with Crippen molar-refractivity contribution in [2.24, 2.45) is 16.8 Å². The Kier molecular flexibility index (Phi) is 9.20. The van der Waals surface area contributed by atoms with Crippen LogP contribution in [0, 0.1) is 11.8 Å². The van der Waals surface area contributed by atoms with E-state index in [2.05, 4.69) is 29.1 Å². The van der Waals surface area contributed by atoms with E-state index in [1.165, 1.54) is 12.8 Å². The number of likely N-dealkylation sites (tertiary alicyclic amines) is 1. The van der Waals surface area contributed by atoms with E-state index in [1.807, 2.05) is 6.07 Å². The molecule has 1 aliphatic heterocycles. The number of rotatable bonds is 6. The third-order valence-corrected chi connectivity index (χ3v) is 6.09. The normalized spacial score (nSPS) is 18.3. The van der Waals surface area contributed by atoms with Crippen molar-refractivity contribution in [1.82, 2.24) is 10.2 Å². The van der Waals surface area contributed by atoms with Crippen LogP contribution >= 0.6 is 24.0 Å². The van der Waals surface area contributed by atoms with Crippen molar-refractivity contribution >= 4 is 39.8 Å². The number of benzene rings is 1. The average molecular weight is 479 g/mol. The van der Waals surface area contributed by atoms with Gasteiger partial charge in [0.05, 0.1) is 10.6 Å². The first-order chi connectivity index (χ1) is 11.4. The highest BCUT2D eigenvalue weighted by Crippen LogP contribution is 2.23. The lowest BCUT2D eigenvalue weighted by molar-refractivity contribution is 0.404. The second-order valence-electron chi connectivity index (χ2n) is 6.84. The van der Waals surface area contributed by atoms with Crippen LogP contribution in [-0.4, -0.2) is 51.7 Å². The molecule has 1 N–H and O–H groups in total. The molecular formula is C18H30IN3O2S. The maximum atomic E-state index is 12.3. The van der Waals surface area contributed by atoms with Gasteiger partial charge < -0.3 is 10.2 Å². The Morgan fingerprint density at radius 2 is 2.00 bits per heavy atom. The Balaban J connectivity index is 0.00000312. The number of halogens is 1. The van der Waals surface area contributed by atoms with Crippen molar-refractivity contribution in [2.45, 2.75) is 31.6 Å². The summed E-state index contributed by atoms with van der Waals surface area (Å²) in [4.78, 5) is 6.93. The molecule has 7 heteroatoms. The molecule has 1 heterocycles. The van der Waals surface area contributed by atoms with Gasteiger partial charge in [0.1, 0.15) is 0 Å². The lowest BCUT2D eigenvalue weighted by Crippen LogP contribution is -2.41. The van der Waals surface area contributed by atoms with Gasteiger partial charge in [0.25, 0.3) is 0 Å². The predicted molar refractivity (Wildman–Crippen MR) is 114 cm³/mol. The Morgan fingerprint density at radius 3 is 2.60 bits per heavy atom. The summed E-state index contributed by atoms with van der Waals surface area (Å²) in [6.07, 6.45) is 2.41. The van der Waals surface area contributed by atoms with E-state index in [0.717, 1.165) is 19.0 Å². The molecule has 1 aliphatic rings. The molecule has 0 radical (unpaired) electrons. The van der Waals surface area contributed by atoms with Gasteiger partial charge in [-0.2, -0.15) is 0 Å². The predicted octanol–water partition coefficient (Wildman–Crippen LogP) is 3.02. The van der Waals surface area contributed by atoms with Crippen LogP contribution in [0.1, 0.15) is 26.7 Å². The molecule has 1 unspecified atom stereocenters. The highest BCUT2D eigenvalue weighted by Gasteiger charge is 2.25. The SMILES string of the molecule is CN=C(NCCS(=O)(=O)c1ccccc1)N1CCC(CC(C)C)C1.I. The molecule has 5 nitrogen and oxygen atoms in total. The van der Waals surface area contributed by atoms with Gasteiger partial charge in [0.2, 0.25) is 0 Å². The van der Waals surface area contributed by atoms with Crippen molar-refractivity contribution in [3.63, 3.8) is 0 Å². The third-order valence-electron chi connectivity index (χ3n) is 4.36. The van der Waals surface area contributed by atoms with Crippen LogP contribution in [0.3, 0.4) is 0 Å². The van der Waals surface area contributed by atoms with E-state index in [4.69, 9.17) is 0 Å². The van der Waals surface area contributed by atoms with E-state index in [0.29, 0.717) is 23.3 Å². The molecule has 0 saturated carbocycles. The van der Waals surface area contributed by atoms with Crippen molar-refractivity contribution < 1.29 is 8.42 Å². The van der Waals surface area contributed by atoms with Crippen molar-refractivity contribution in [3.05, 3.63) is 30.3 Å². The molecule has 1 aromatic rings. The molecule has 1 aromatic carbocycles. The number of hydrogen-bond acceptors (Lipinski definition) is 3. The molecule has 0 aliphatic carbocycles. The number of nitrogens with zero attached hydrogens (tertiary/aromatic N) is 2. The standard InChI is InChI=1S/C18H29N3O2S.HI/c1-15(2)13-16-9-11-21(14-16)18(19-3)20-10-12-24(22,23)17-7-5-4-6-8-17;/h4-8,15-16H,9-14H2,1-3H3,(H,19,20);1H. The summed E-state index contributed by atoms with van der Waals surface area (Å²) in [7, 11) is -1.50. The monoisotopic (exact) mass is 479 g/mol. The van der Waals surface area contributed by atoms with Crippen LogP contribution in [0.4, 0.5) is 0 Å². The molecule has 1 atom stereocenters. The largest absolute Gasteiger partial charge is 0.355 e. The van der Waals surface area contributed by atoms with Gasteiger partial charge in [0.15, 0.2) is 15.8 Å². The fourth-order valence-corrected chi connectivity index (χ4v) is 4.44. The van der Waals surface area contributed by atoms with Gasteiger partial charge in [-0.05, 0) is 36.8 Å². The Morgan fingerprint density at radius 1 is 1.32 bits per heavy atom. The van der Waals surface area contributed by atoms with E-state index in [-0.39, 0.29) is 29.7 Å². The molecule has 0 aromatic heterocycles. The third kappa shape index (κ3) is 6.77. The highest BCUT2D eigenvalue weighted by molar-refractivity contribution is 14.0. The molecule has 0 amide bonds. The fraction of sp³-hybridized carbons (Fsp3) is 0.611. The Hall–Kier alpha value is -0.830. The first-order valence-corrected chi connectivity index (χ1v) is 10.3. The summed E-state index contributed by atoms with van der Waals surface area (Å²) in [6, 6.07) is 8.60. The van der Waals surface area contributed by atoms with Gasteiger partial charge in [0, 0.05) is 26.7 Å². The number of sulfone groups is 1. The first kappa shape index (κ1) is 22.2. The minimum absolute atomic E-state index is 0. The van der Waals surface area contributed by atoms with E-state index in [9.17, 15) is 8.42 Å². The summed E-state index contributed by atoms with van der Waals surface area (Å²) in [5.41, 5.74) is 0. The van der Waals surface area contributed by atoms with Crippen LogP contribution < -0.4 is 5.32 Å². The van der Waals surface area contributed by atoms with Gasteiger partial charge in [-0.15, -0.1) is 24.0 Å². The van der Waals surface area contributed by atoms with Gasteiger partial charge in [-0.25, -0.2) is 8.42 Å². The summed E-state index contributed by atoms with van der Waals surface area (Å²) in [6.45, 7) is 6.87. The maximum Gasteiger partial charge on any atom is 0.193 e. The maximum absolute atomic E-state index is 12.3. The van der Waals surface area contributed by atoms with Crippen LogP contribution in [0.15, 0.2) is 40.2 Å². The number of hydrogen-bond donors (Lipinski definition) is 1. The number of guanidine groups is 1. The fourth-order valence-electron chi connectivity index (χ4n) is 3.26. The number of nitrogens with one attached hydrogen (secondary N) is 1. The molecule has 25 heavy (non-hydrogen) atoms. The van der Waals surface area contributed by atoms with Crippen molar-refractivity contribution in [1.29, 1.82) is 0 Å². The van der Waals surface area contributed by atoms with E-state index >= 15 is 0 Å². The summed E-state index contributed by atoms with van der Waals surface area (Å²) < 4.78 is 24.6. The average Bonchev–Trinajstić information content (AvgIpc) is 3.00. The zero-order valence-corrected chi connectivity index (χ0v) is 18.5. The van der Waals surface area contributed by atoms with Crippen molar-refractivity contribution in [2.75, 3.05) is 32.4 Å². The molecular weight excluding hydrogens is 449 g/mol. The zero-order valence-electron chi connectivity index (χ0n) is 15.3. The topological polar surface area (TPSA) is 61.8 Å². The van der Waals surface area contributed by atoms with Crippen LogP contribution in [0.25, 0.3) is 0 Å². The molecule has 0 spiro atoms. The van der Waals surface area contributed by atoms with Gasteiger partial charge >= 0.3 is 0 Å². The van der Waals surface area contributed by atoms with Crippen LogP contribution in [0.5, 0.6) is 0 Å². The van der Waals surface area contributed by atoms with Crippen LogP contribution in [0.2, 0.25) is 0 Å². The molecule has 0 bridgehead atoms. The molecule has 142 valence electrons. The smallest absolute Gasteiger partial charge is 0.193 e. The zero-order chi connectivity index (χ0) is 17.6. The molecule has 1 saturated heterocycles. The minimum Gasteiger partial charge on any atom is -0.355 e. The molecule has 2 rings (SSSR count). The minimum atomic E-state index is -3.25. The lowest BCUT2D eigenvalue weighted by Gasteiger charge is -2.22. The first-order valence-electron chi connectivity index (χ1n) is 8.65. The van der Waals surface area contributed by atoms with Gasteiger partial charge in [-0.1, -0.05) is 32.0 Å². The van der Waals surface area contributed by atoms with Crippen LogP contribution in [-0.2, 0) is 9.84 Å². The second kappa shape index (κ2) is 10.4. The van der Waals surface area contributed by atoms with E-state index in [1.54, 1.807) is 31.3 Å². The molecule has 1 fully saturated rings. The summed E-state index contributed by atoms with van der Waals surface area (Å²) >= 11 is 0. The highest BCUT2D eigenvalue weighted by atomic mass is 127. The lowest BCUT2D eigenvalue weighted by atomic mass is 9.97. The van der Waals surface area contributed by atoms with Crippen molar-refractivity contribution in [3.8, 4) is 0 Å². The quantitative estimate of drug-likeness (QED) is 0.387. The van der Waals surface area contributed by atoms with E-state index < -0.39 is 9.84 Å². The Labute approximate surface area is 169 Å². The summed E-state index contributed by atoms with van der Waals surface area (Å²) in [5, 5.41) is 3.21. The second-order valence-corrected chi connectivity index (χ2v) is 8.95. The summed E-state index contributed by atoms with van der Waals surface area (Å²) in [5.74, 6) is 2.29. The number of aliphatic imine (C=N–C) groups is 1. The van der Waals surface area contributed by atoms with Gasteiger partial charge in [-0.3, -0.25) is 4.99 Å². The Bertz CT molecular complexity index is 648.